The summed E-state index contributed by atoms with van der Waals surface area (Å²) in [6.45, 7) is 7.99. The molecule has 0 spiro atoms. The van der Waals surface area contributed by atoms with Gasteiger partial charge in [-0.1, -0.05) is 65.7 Å². The van der Waals surface area contributed by atoms with E-state index in [-0.39, 0.29) is 0 Å². The minimum Gasteiger partial charge on any atom is -0.313 e. The predicted octanol–water partition coefficient (Wildman–Crippen LogP) is 5.25. The van der Waals surface area contributed by atoms with Crippen molar-refractivity contribution in [1.82, 2.24) is 5.32 Å². The highest BCUT2D eigenvalue weighted by Crippen LogP contribution is 2.12. The first-order valence-electron chi connectivity index (χ1n) is 8.16. The van der Waals surface area contributed by atoms with Crippen molar-refractivity contribution in [2.75, 3.05) is 18.1 Å². The highest BCUT2D eigenvalue weighted by molar-refractivity contribution is 7.99. The Hall–Kier alpha value is 0.310. The number of unbranched alkanes of at least 4 members (excludes halogenated alkanes) is 6. The Morgan fingerprint density at radius 2 is 1.50 bits per heavy atom. The van der Waals surface area contributed by atoms with E-state index in [0.717, 1.165) is 6.04 Å². The van der Waals surface area contributed by atoms with E-state index in [1.807, 2.05) is 0 Å². The molecule has 0 fully saturated rings. The van der Waals surface area contributed by atoms with Crippen molar-refractivity contribution in [2.24, 2.45) is 0 Å². The van der Waals surface area contributed by atoms with Crippen LogP contribution in [0.25, 0.3) is 0 Å². The van der Waals surface area contributed by atoms with Gasteiger partial charge < -0.3 is 5.32 Å². The monoisotopic (exact) mass is 273 g/mol. The summed E-state index contributed by atoms with van der Waals surface area (Å²) >= 11 is 2.08. The summed E-state index contributed by atoms with van der Waals surface area (Å²) in [5, 5.41) is 3.69. The van der Waals surface area contributed by atoms with E-state index in [4.69, 9.17) is 0 Å². The third-order valence-corrected chi connectivity index (χ3v) is 4.41. The SMILES string of the molecule is CCCCCCCCCC(CSCC)NCCC. The zero-order valence-electron chi connectivity index (χ0n) is 13.0. The molecule has 1 unspecified atom stereocenters. The maximum absolute atomic E-state index is 3.69. The van der Waals surface area contributed by atoms with Crippen LogP contribution in [0.2, 0.25) is 0 Å². The number of rotatable bonds is 14. The molecule has 0 aliphatic carbocycles. The lowest BCUT2D eigenvalue weighted by atomic mass is 10.1. The fourth-order valence-corrected chi connectivity index (χ4v) is 3.01. The third kappa shape index (κ3) is 12.8. The van der Waals surface area contributed by atoms with Gasteiger partial charge in [0.15, 0.2) is 0 Å². The molecular weight excluding hydrogens is 238 g/mol. The molecule has 0 saturated carbocycles. The molecule has 1 nitrogen and oxygen atoms in total. The lowest BCUT2D eigenvalue weighted by Gasteiger charge is -2.17. The number of hydrogen-bond donors (Lipinski definition) is 1. The van der Waals surface area contributed by atoms with Crippen LogP contribution in [0, 0.1) is 0 Å². The lowest BCUT2D eigenvalue weighted by molar-refractivity contribution is 0.482. The van der Waals surface area contributed by atoms with E-state index in [1.165, 1.54) is 75.8 Å². The predicted molar refractivity (Wildman–Crippen MR) is 87.7 cm³/mol. The molecule has 18 heavy (non-hydrogen) atoms. The summed E-state index contributed by atoms with van der Waals surface area (Å²) in [5.41, 5.74) is 0. The Kier molecular flexibility index (Phi) is 15.6. The van der Waals surface area contributed by atoms with Crippen LogP contribution >= 0.6 is 11.8 Å². The van der Waals surface area contributed by atoms with Gasteiger partial charge in [-0.05, 0) is 25.1 Å². The molecule has 0 aromatic heterocycles. The second kappa shape index (κ2) is 15.4. The van der Waals surface area contributed by atoms with Gasteiger partial charge in [-0.25, -0.2) is 0 Å². The van der Waals surface area contributed by atoms with E-state index in [9.17, 15) is 0 Å². The second-order valence-electron chi connectivity index (χ2n) is 5.22. The molecule has 0 heterocycles. The highest BCUT2D eigenvalue weighted by Gasteiger charge is 2.06. The van der Waals surface area contributed by atoms with Crippen LogP contribution in [0.5, 0.6) is 0 Å². The van der Waals surface area contributed by atoms with E-state index in [0.29, 0.717) is 0 Å². The van der Waals surface area contributed by atoms with Gasteiger partial charge in [0.2, 0.25) is 0 Å². The standard InChI is InChI=1S/C16H35NS/c1-4-7-8-9-10-11-12-13-16(15-18-6-3)17-14-5-2/h16-17H,4-15H2,1-3H3. The van der Waals surface area contributed by atoms with Crippen LogP contribution in [0.15, 0.2) is 0 Å². The van der Waals surface area contributed by atoms with Crippen molar-refractivity contribution in [1.29, 1.82) is 0 Å². The fourth-order valence-electron chi connectivity index (χ4n) is 2.20. The third-order valence-electron chi connectivity index (χ3n) is 3.36. The average Bonchev–Trinajstić information content (AvgIpc) is 2.40. The summed E-state index contributed by atoms with van der Waals surface area (Å²) in [7, 11) is 0. The van der Waals surface area contributed by atoms with Gasteiger partial charge in [-0.15, -0.1) is 0 Å². The van der Waals surface area contributed by atoms with Gasteiger partial charge in [-0.2, -0.15) is 11.8 Å². The molecule has 0 radical (unpaired) electrons. The average molecular weight is 274 g/mol. The van der Waals surface area contributed by atoms with E-state index in [2.05, 4.69) is 37.8 Å². The molecule has 0 aromatic rings. The van der Waals surface area contributed by atoms with Gasteiger partial charge in [-0.3, -0.25) is 0 Å². The summed E-state index contributed by atoms with van der Waals surface area (Å²) in [6.07, 6.45) is 12.6. The lowest BCUT2D eigenvalue weighted by Crippen LogP contribution is -2.32. The van der Waals surface area contributed by atoms with Crippen LogP contribution in [-0.4, -0.2) is 24.1 Å². The molecule has 110 valence electrons. The number of nitrogens with one attached hydrogen (secondary N) is 1. The summed E-state index contributed by atoms with van der Waals surface area (Å²) in [5.74, 6) is 2.55. The van der Waals surface area contributed by atoms with Crippen LogP contribution in [-0.2, 0) is 0 Å². The summed E-state index contributed by atoms with van der Waals surface area (Å²) in [4.78, 5) is 0. The topological polar surface area (TPSA) is 12.0 Å². The molecule has 0 aromatic carbocycles. The van der Waals surface area contributed by atoms with Crippen molar-refractivity contribution < 1.29 is 0 Å². The zero-order chi connectivity index (χ0) is 13.5. The first kappa shape index (κ1) is 18.3. The normalized spacial score (nSPS) is 12.8. The minimum absolute atomic E-state index is 0.755. The molecule has 0 rings (SSSR count). The summed E-state index contributed by atoms with van der Waals surface area (Å²) < 4.78 is 0. The van der Waals surface area contributed by atoms with Gasteiger partial charge >= 0.3 is 0 Å². The molecule has 2 heteroatoms. The molecule has 0 aliphatic heterocycles. The van der Waals surface area contributed by atoms with Gasteiger partial charge in [0.25, 0.3) is 0 Å². The van der Waals surface area contributed by atoms with E-state index in [1.54, 1.807) is 0 Å². The van der Waals surface area contributed by atoms with E-state index < -0.39 is 0 Å². The van der Waals surface area contributed by atoms with Crippen LogP contribution < -0.4 is 5.32 Å². The zero-order valence-corrected chi connectivity index (χ0v) is 13.8. The molecule has 0 saturated heterocycles. The number of hydrogen-bond acceptors (Lipinski definition) is 2. The highest BCUT2D eigenvalue weighted by atomic mass is 32.2. The maximum Gasteiger partial charge on any atom is 0.0158 e. The Balaban J connectivity index is 3.43. The van der Waals surface area contributed by atoms with Crippen molar-refractivity contribution in [3.05, 3.63) is 0 Å². The van der Waals surface area contributed by atoms with Crippen molar-refractivity contribution >= 4 is 11.8 Å². The van der Waals surface area contributed by atoms with Crippen molar-refractivity contribution in [3.8, 4) is 0 Å². The molecule has 1 atom stereocenters. The Bertz CT molecular complexity index is 142. The Labute approximate surface area is 120 Å². The number of thioether (sulfide) groups is 1. The Morgan fingerprint density at radius 1 is 0.833 bits per heavy atom. The first-order valence-corrected chi connectivity index (χ1v) is 9.31. The molecule has 0 amide bonds. The van der Waals surface area contributed by atoms with Crippen molar-refractivity contribution in [2.45, 2.75) is 84.6 Å². The summed E-state index contributed by atoms with van der Waals surface area (Å²) in [6, 6.07) is 0.755. The Morgan fingerprint density at radius 3 is 2.11 bits per heavy atom. The quantitative estimate of drug-likeness (QED) is 0.434. The molecule has 0 aliphatic rings. The van der Waals surface area contributed by atoms with Crippen LogP contribution in [0.3, 0.4) is 0 Å². The van der Waals surface area contributed by atoms with Gasteiger partial charge in [0.05, 0.1) is 0 Å². The van der Waals surface area contributed by atoms with Gasteiger partial charge in [0, 0.05) is 11.8 Å². The van der Waals surface area contributed by atoms with Crippen molar-refractivity contribution in [3.63, 3.8) is 0 Å². The largest absolute Gasteiger partial charge is 0.313 e. The second-order valence-corrected chi connectivity index (χ2v) is 6.54. The molecule has 0 bridgehead atoms. The van der Waals surface area contributed by atoms with E-state index >= 15 is 0 Å². The minimum atomic E-state index is 0.755. The fraction of sp³-hybridized carbons (Fsp3) is 1.00. The molecule has 1 N–H and O–H groups in total. The maximum atomic E-state index is 3.69. The van der Waals surface area contributed by atoms with Crippen LogP contribution in [0.4, 0.5) is 0 Å². The molecular formula is C16H35NS. The van der Waals surface area contributed by atoms with Crippen LogP contribution in [0.1, 0.15) is 78.6 Å². The van der Waals surface area contributed by atoms with Gasteiger partial charge in [0.1, 0.15) is 0 Å². The first-order chi connectivity index (χ1) is 8.85. The smallest absolute Gasteiger partial charge is 0.0158 e.